The maximum absolute atomic E-state index is 11.9. The molecule has 1 amide bonds. The maximum atomic E-state index is 11.9. The molecule has 4 rings (SSSR count). The highest BCUT2D eigenvalue weighted by atomic mass is 35.5. The minimum Gasteiger partial charge on any atom is -0.391 e. The van der Waals surface area contributed by atoms with Gasteiger partial charge in [0.2, 0.25) is 0 Å². The monoisotopic (exact) mass is 454 g/mol. The number of aromatic nitrogens is 1. The van der Waals surface area contributed by atoms with Crippen molar-refractivity contribution in [2.75, 3.05) is 37.6 Å². The SMILES string of the molecule is CCc1cccc(N2CCN(CCC(O)Cn3c(C(N)=O)cc4ccccc43)CC2)c1Cl. The predicted molar refractivity (Wildman–Crippen MR) is 131 cm³/mol. The topological polar surface area (TPSA) is 74.7 Å². The summed E-state index contributed by atoms with van der Waals surface area (Å²) in [4.78, 5) is 16.6. The van der Waals surface area contributed by atoms with Gasteiger partial charge in [-0.05, 0) is 36.6 Å². The van der Waals surface area contributed by atoms with E-state index >= 15 is 0 Å². The van der Waals surface area contributed by atoms with E-state index < -0.39 is 12.0 Å². The van der Waals surface area contributed by atoms with Crippen LogP contribution in [0.2, 0.25) is 5.02 Å². The molecule has 2 heterocycles. The van der Waals surface area contributed by atoms with Crippen LogP contribution < -0.4 is 10.6 Å². The summed E-state index contributed by atoms with van der Waals surface area (Å²) < 4.78 is 1.84. The van der Waals surface area contributed by atoms with Gasteiger partial charge in [0.05, 0.1) is 16.8 Å². The molecule has 3 N–H and O–H groups in total. The first-order valence-electron chi connectivity index (χ1n) is 11.3. The summed E-state index contributed by atoms with van der Waals surface area (Å²) in [5, 5.41) is 12.5. The highest BCUT2D eigenvalue weighted by Crippen LogP contribution is 2.30. The van der Waals surface area contributed by atoms with Gasteiger partial charge in [-0.1, -0.05) is 48.9 Å². The van der Waals surface area contributed by atoms with Gasteiger partial charge in [-0.3, -0.25) is 9.69 Å². The van der Waals surface area contributed by atoms with Crippen LogP contribution in [0.4, 0.5) is 5.69 Å². The number of carbonyl (C=O) groups excluding carboxylic acids is 1. The zero-order valence-corrected chi connectivity index (χ0v) is 19.3. The summed E-state index contributed by atoms with van der Waals surface area (Å²) in [6.45, 7) is 6.97. The minimum atomic E-state index is -0.558. The number of halogens is 1. The number of anilines is 1. The number of hydrogen-bond acceptors (Lipinski definition) is 4. The van der Waals surface area contributed by atoms with Crippen molar-refractivity contribution < 1.29 is 9.90 Å². The number of aliphatic hydroxyl groups is 1. The van der Waals surface area contributed by atoms with Crippen molar-refractivity contribution in [3.05, 3.63) is 64.8 Å². The molecule has 1 aliphatic heterocycles. The molecule has 0 spiro atoms. The van der Waals surface area contributed by atoms with E-state index in [0.29, 0.717) is 18.7 Å². The van der Waals surface area contributed by atoms with Crippen LogP contribution in [-0.2, 0) is 13.0 Å². The number of nitrogens with zero attached hydrogens (tertiary/aromatic N) is 3. The molecule has 1 aromatic heterocycles. The van der Waals surface area contributed by atoms with Gasteiger partial charge in [-0.2, -0.15) is 0 Å². The fourth-order valence-corrected chi connectivity index (χ4v) is 4.92. The number of carbonyl (C=O) groups is 1. The number of amides is 1. The van der Waals surface area contributed by atoms with E-state index in [2.05, 4.69) is 34.9 Å². The lowest BCUT2D eigenvalue weighted by molar-refractivity contribution is 0.0979. The molecule has 3 aromatic rings. The number of benzene rings is 2. The summed E-state index contributed by atoms with van der Waals surface area (Å²) >= 11 is 6.60. The standard InChI is InChI=1S/C25H31ClN4O2/c1-2-18-7-5-9-22(24(18)26)29-14-12-28(13-15-29)11-10-20(31)17-30-21-8-4-3-6-19(21)16-23(30)25(27)32/h3-9,16,20,31H,2,10-15,17H2,1H3,(H2,27,32). The predicted octanol–water partition coefficient (Wildman–Crippen LogP) is 3.53. The molecule has 32 heavy (non-hydrogen) atoms. The summed E-state index contributed by atoms with van der Waals surface area (Å²) in [7, 11) is 0. The Hall–Kier alpha value is -2.54. The van der Waals surface area contributed by atoms with E-state index in [-0.39, 0.29) is 0 Å². The third-order valence-electron chi connectivity index (χ3n) is 6.39. The van der Waals surface area contributed by atoms with Gasteiger partial charge in [-0.15, -0.1) is 0 Å². The minimum absolute atomic E-state index is 0.352. The number of aryl methyl sites for hydroxylation is 1. The van der Waals surface area contributed by atoms with Gasteiger partial charge in [-0.25, -0.2) is 0 Å². The normalized spacial score (nSPS) is 15.9. The smallest absolute Gasteiger partial charge is 0.265 e. The van der Waals surface area contributed by atoms with Gasteiger partial charge in [0, 0.05) is 50.2 Å². The Morgan fingerprint density at radius 1 is 1.12 bits per heavy atom. The zero-order valence-electron chi connectivity index (χ0n) is 18.5. The van der Waals surface area contributed by atoms with E-state index in [1.807, 2.05) is 28.8 Å². The summed E-state index contributed by atoms with van der Waals surface area (Å²) in [5.74, 6) is -0.477. The van der Waals surface area contributed by atoms with Crippen molar-refractivity contribution in [1.82, 2.24) is 9.47 Å². The van der Waals surface area contributed by atoms with Crippen LogP contribution in [0.5, 0.6) is 0 Å². The van der Waals surface area contributed by atoms with E-state index in [1.54, 1.807) is 6.07 Å². The van der Waals surface area contributed by atoms with Gasteiger partial charge in [0.25, 0.3) is 5.91 Å². The molecule has 0 saturated carbocycles. The van der Waals surface area contributed by atoms with Crippen LogP contribution in [0.15, 0.2) is 48.5 Å². The van der Waals surface area contributed by atoms with Gasteiger partial charge in [0.1, 0.15) is 5.69 Å². The number of fused-ring (bicyclic) bond motifs is 1. The molecule has 7 heteroatoms. The first-order chi connectivity index (χ1) is 15.5. The lowest BCUT2D eigenvalue weighted by Gasteiger charge is -2.37. The molecule has 0 bridgehead atoms. The van der Waals surface area contributed by atoms with Crippen LogP contribution in [-0.4, -0.2) is 59.3 Å². The van der Waals surface area contributed by atoms with Crippen molar-refractivity contribution in [3.63, 3.8) is 0 Å². The van der Waals surface area contributed by atoms with Crippen molar-refractivity contribution in [2.24, 2.45) is 5.73 Å². The van der Waals surface area contributed by atoms with Gasteiger partial charge >= 0.3 is 0 Å². The fourth-order valence-electron chi connectivity index (χ4n) is 4.54. The molecule has 2 aromatic carbocycles. The maximum Gasteiger partial charge on any atom is 0.265 e. The Balaban J connectivity index is 1.33. The fraction of sp³-hybridized carbons (Fsp3) is 0.400. The number of para-hydroxylation sites is 1. The molecular weight excluding hydrogens is 424 g/mol. The van der Waals surface area contributed by atoms with Crippen molar-refractivity contribution in [3.8, 4) is 0 Å². The third kappa shape index (κ3) is 4.77. The highest BCUT2D eigenvalue weighted by Gasteiger charge is 2.21. The van der Waals surface area contributed by atoms with Crippen LogP contribution in [0.3, 0.4) is 0 Å². The molecule has 1 fully saturated rings. The summed E-state index contributed by atoms with van der Waals surface area (Å²) in [5.41, 5.74) is 9.22. The van der Waals surface area contributed by atoms with Crippen LogP contribution in [0, 0.1) is 0 Å². The Morgan fingerprint density at radius 3 is 2.59 bits per heavy atom. The number of rotatable bonds is 8. The molecule has 6 nitrogen and oxygen atoms in total. The summed E-state index contributed by atoms with van der Waals surface area (Å²) in [6, 6.07) is 15.8. The second-order valence-corrected chi connectivity index (χ2v) is 8.82. The van der Waals surface area contributed by atoms with Gasteiger partial charge in [0.15, 0.2) is 0 Å². The van der Waals surface area contributed by atoms with E-state index in [0.717, 1.165) is 60.8 Å². The Bertz CT molecular complexity index is 1090. The van der Waals surface area contributed by atoms with Crippen LogP contribution in [0.25, 0.3) is 10.9 Å². The average Bonchev–Trinajstić information content (AvgIpc) is 3.17. The number of primary amides is 1. The zero-order chi connectivity index (χ0) is 22.7. The van der Waals surface area contributed by atoms with Crippen molar-refractivity contribution in [2.45, 2.75) is 32.4 Å². The van der Waals surface area contributed by atoms with Crippen molar-refractivity contribution in [1.29, 1.82) is 0 Å². The molecule has 170 valence electrons. The Labute approximate surface area is 194 Å². The molecule has 0 radical (unpaired) electrons. The van der Waals surface area contributed by atoms with E-state index in [1.165, 1.54) is 5.56 Å². The number of aliphatic hydroxyl groups excluding tert-OH is 1. The molecular formula is C25H31ClN4O2. The first kappa shape index (κ1) is 22.6. The van der Waals surface area contributed by atoms with E-state index in [4.69, 9.17) is 17.3 Å². The molecule has 1 aliphatic rings. The van der Waals surface area contributed by atoms with E-state index in [9.17, 15) is 9.90 Å². The molecule has 1 saturated heterocycles. The number of nitrogens with two attached hydrogens (primary N) is 1. The lowest BCUT2D eigenvalue weighted by atomic mass is 10.1. The number of hydrogen-bond donors (Lipinski definition) is 2. The molecule has 1 unspecified atom stereocenters. The largest absolute Gasteiger partial charge is 0.391 e. The van der Waals surface area contributed by atoms with Crippen LogP contribution in [0.1, 0.15) is 29.4 Å². The van der Waals surface area contributed by atoms with Gasteiger partial charge < -0.3 is 20.3 Å². The molecule has 1 atom stereocenters. The first-order valence-corrected chi connectivity index (χ1v) is 11.7. The summed E-state index contributed by atoms with van der Waals surface area (Å²) in [6.07, 6.45) is 1.01. The number of piperazine rings is 1. The second-order valence-electron chi connectivity index (χ2n) is 8.44. The lowest BCUT2D eigenvalue weighted by Crippen LogP contribution is -2.47. The average molecular weight is 455 g/mol. The molecule has 0 aliphatic carbocycles. The van der Waals surface area contributed by atoms with Crippen LogP contribution >= 0.6 is 11.6 Å². The Kier molecular flexibility index (Phi) is 7.04. The third-order valence-corrected chi connectivity index (χ3v) is 6.82. The quantitative estimate of drug-likeness (QED) is 0.546. The van der Waals surface area contributed by atoms with Crippen molar-refractivity contribution >= 4 is 34.1 Å². The second kappa shape index (κ2) is 9.94. The Morgan fingerprint density at radius 2 is 1.88 bits per heavy atom. The highest BCUT2D eigenvalue weighted by molar-refractivity contribution is 6.34.